The maximum absolute atomic E-state index is 2.22. The third kappa shape index (κ3) is 1.39. The highest BCUT2D eigenvalue weighted by atomic mass is 14.2. The minimum atomic E-state index is 1.34. The van der Waals surface area contributed by atoms with Crippen LogP contribution in [0.4, 0.5) is 0 Å². The highest BCUT2D eigenvalue weighted by Crippen LogP contribution is 2.46. The van der Waals surface area contributed by atoms with Gasteiger partial charge in [0.25, 0.3) is 0 Å². The summed E-state index contributed by atoms with van der Waals surface area (Å²) in [7, 11) is 0. The molecule has 88 valence electrons. The van der Waals surface area contributed by atoms with Crippen molar-refractivity contribution in [2.24, 2.45) is 0 Å². The molecule has 0 heterocycles. The minimum Gasteiger partial charge on any atom is -0.0683 e. The first kappa shape index (κ1) is 11.0. The molecule has 4 rings (SSSR count). The van der Waals surface area contributed by atoms with Crippen molar-refractivity contribution in [1.29, 1.82) is 0 Å². The van der Waals surface area contributed by atoms with Gasteiger partial charge in [-0.25, -0.2) is 0 Å². The van der Waals surface area contributed by atoms with Gasteiger partial charge in [-0.05, 0) is 33.0 Å². The van der Waals surface area contributed by atoms with E-state index in [1.165, 1.54) is 33.0 Å². The van der Waals surface area contributed by atoms with E-state index in [0.717, 1.165) is 0 Å². The minimum absolute atomic E-state index is 1.34. The molecule has 0 radical (unpaired) electrons. The van der Waals surface area contributed by atoms with Crippen LogP contribution in [-0.4, -0.2) is 0 Å². The maximum Gasteiger partial charge on any atom is -0.00264 e. The van der Waals surface area contributed by atoms with Crippen LogP contribution in [0.15, 0.2) is 60.7 Å². The predicted molar refractivity (Wildman–Crippen MR) is 79.7 cm³/mol. The first-order valence-electron chi connectivity index (χ1n) is 6.57. The quantitative estimate of drug-likeness (QED) is 0.375. The molecule has 0 nitrogen and oxygen atoms in total. The summed E-state index contributed by atoms with van der Waals surface area (Å²) in [6.07, 6.45) is 0. The summed E-state index contributed by atoms with van der Waals surface area (Å²) in [5, 5.41) is 2.75. The monoisotopic (exact) mass is 232 g/mol. The van der Waals surface area contributed by atoms with Gasteiger partial charge in [-0.3, -0.25) is 0 Å². The molecule has 0 saturated carbocycles. The van der Waals surface area contributed by atoms with Crippen molar-refractivity contribution in [1.82, 2.24) is 0 Å². The second kappa shape index (κ2) is 4.30. The zero-order valence-electron chi connectivity index (χ0n) is 10.8. The van der Waals surface area contributed by atoms with Crippen molar-refractivity contribution in [2.75, 3.05) is 0 Å². The first-order valence-corrected chi connectivity index (χ1v) is 6.57. The van der Waals surface area contributed by atoms with Gasteiger partial charge in [-0.2, -0.15) is 0 Å². The van der Waals surface area contributed by atoms with Gasteiger partial charge in [-0.15, -0.1) is 0 Å². The zero-order chi connectivity index (χ0) is 12.5. The molecule has 3 aromatic rings. The normalized spacial score (nSPS) is 10.8. The highest BCUT2D eigenvalue weighted by Gasteiger charge is 2.19. The van der Waals surface area contributed by atoms with Crippen molar-refractivity contribution in [3.8, 4) is 22.3 Å². The fourth-order valence-electron chi connectivity index (χ4n) is 2.74. The summed E-state index contributed by atoms with van der Waals surface area (Å²) < 4.78 is 0. The summed E-state index contributed by atoms with van der Waals surface area (Å²) in [6, 6.07) is 21.8. The predicted octanol–water partition coefficient (Wildman–Crippen LogP) is 5.51. The maximum atomic E-state index is 2.22. The fraction of sp³-hybridized carbons (Fsp3) is 0.111. The van der Waals surface area contributed by atoms with E-state index in [4.69, 9.17) is 0 Å². The number of hydrogen-bond donors (Lipinski definition) is 0. The Labute approximate surface area is 108 Å². The van der Waals surface area contributed by atoms with Crippen LogP contribution in [0.25, 0.3) is 33.0 Å². The van der Waals surface area contributed by atoms with E-state index < -0.39 is 0 Å². The SMILES string of the molecule is CC.c1ccc2c(c1)-c1cccc3cccc-2c13. The van der Waals surface area contributed by atoms with Gasteiger partial charge in [0, 0.05) is 0 Å². The van der Waals surface area contributed by atoms with Crippen LogP contribution in [-0.2, 0) is 0 Å². The second-order valence-corrected chi connectivity index (χ2v) is 4.25. The van der Waals surface area contributed by atoms with Crippen molar-refractivity contribution in [3.63, 3.8) is 0 Å². The van der Waals surface area contributed by atoms with Gasteiger partial charge in [0.15, 0.2) is 0 Å². The third-order valence-electron chi connectivity index (χ3n) is 3.41. The number of hydrogen-bond acceptors (Lipinski definition) is 0. The van der Waals surface area contributed by atoms with E-state index >= 15 is 0 Å². The Balaban J connectivity index is 0.000000478. The topological polar surface area (TPSA) is 0 Å². The molecule has 0 N–H and O–H groups in total. The van der Waals surface area contributed by atoms with E-state index in [1.807, 2.05) is 13.8 Å². The molecule has 1 aliphatic rings. The fourth-order valence-corrected chi connectivity index (χ4v) is 2.74. The standard InChI is InChI=1S/C16H10.C2H6/c1-2-8-13-12(7-1)14-9-3-5-11-6-4-10-15(13)16(11)14;1-2/h1-10H;1-2H3. The summed E-state index contributed by atoms with van der Waals surface area (Å²) in [6.45, 7) is 4.00. The van der Waals surface area contributed by atoms with Crippen LogP contribution in [0, 0.1) is 0 Å². The average molecular weight is 232 g/mol. The number of benzene rings is 3. The smallest absolute Gasteiger partial charge is 0.00264 e. The van der Waals surface area contributed by atoms with Crippen LogP contribution in [0.1, 0.15) is 13.8 Å². The molecular weight excluding hydrogens is 216 g/mol. The molecular formula is C18H16. The Morgan fingerprint density at radius 1 is 0.500 bits per heavy atom. The Bertz CT molecular complexity index is 650. The summed E-state index contributed by atoms with van der Waals surface area (Å²) in [5.74, 6) is 0. The van der Waals surface area contributed by atoms with Crippen LogP contribution in [0.3, 0.4) is 0 Å². The molecule has 0 saturated heterocycles. The molecule has 0 amide bonds. The van der Waals surface area contributed by atoms with Gasteiger partial charge in [-0.1, -0.05) is 74.5 Å². The van der Waals surface area contributed by atoms with Crippen LogP contribution >= 0.6 is 0 Å². The molecule has 0 spiro atoms. The van der Waals surface area contributed by atoms with Crippen LogP contribution in [0.5, 0.6) is 0 Å². The van der Waals surface area contributed by atoms with Crippen molar-refractivity contribution in [3.05, 3.63) is 60.7 Å². The Morgan fingerprint density at radius 3 is 1.44 bits per heavy atom. The third-order valence-corrected chi connectivity index (χ3v) is 3.41. The van der Waals surface area contributed by atoms with E-state index in [2.05, 4.69) is 60.7 Å². The van der Waals surface area contributed by atoms with Crippen molar-refractivity contribution < 1.29 is 0 Å². The molecule has 0 heteroatoms. The number of rotatable bonds is 0. The van der Waals surface area contributed by atoms with Gasteiger partial charge < -0.3 is 0 Å². The van der Waals surface area contributed by atoms with E-state index in [0.29, 0.717) is 0 Å². The summed E-state index contributed by atoms with van der Waals surface area (Å²) in [4.78, 5) is 0. The lowest BCUT2D eigenvalue weighted by Crippen LogP contribution is -1.73. The summed E-state index contributed by atoms with van der Waals surface area (Å²) >= 11 is 0. The second-order valence-electron chi connectivity index (χ2n) is 4.25. The molecule has 0 aromatic heterocycles. The van der Waals surface area contributed by atoms with Gasteiger partial charge in [0.1, 0.15) is 0 Å². The number of fused-ring (bicyclic) bond motifs is 3. The molecule has 1 aliphatic carbocycles. The Hall–Kier alpha value is -2.08. The first-order chi connectivity index (χ1) is 8.95. The van der Waals surface area contributed by atoms with Crippen molar-refractivity contribution in [2.45, 2.75) is 13.8 Å². The zero-order valence-corrected chi connectivity index (χ0v) is 10.8. The molecule has 0 unspecified atom stereocenters. The largest absolute Gasteiger partial charge is 0.0683 e. The van der Waals surface area contributed by atoms with E-state index in [-0.39, 0.29) is 0 Å². The Kier molecular flexibility index (Phi) is 2.64. The lowest BCUT2D eigenvalue weighted by Gasteiger charge is -2.00. The highest BCUT2D eigenvalue weighted by molar-refractivity contribution is 6.15. The molecule has 0 aliphatic heterocycles. The lowest BCUT2D eigenvalue weighted by atomic mass is 10.0. The molecule has 0 bridgehead atoms. The van der Waals surface area contributed by atoms with Gasteiger partial charge in [0.05, 0.1) is 0 Å². The molecule has 3 aromatic carbocycles. The van der Waals surface area contributed by atoms with Crippen molar-refractivity contribution >= 4 is 10.8 Å². The molecule has 18 heavy (non-hydrogen) atoms. The Morgan fingerprint density at radius 2 is 0.944 bits per heavy atom. The molecule has 0 atom stereocenters. The van der Waals surface area contributed by atoms with E-state index in [1.54, 1.807) is 0 Å². The van der Waals surface area contributed by atoms with Gasteiger partial charge in [0.2, 0.25) is 0 Å². The molecule has 0 fully saturated rings. The lowest BCUT2D eigenvalue weighted by molar-refractivity contribution is 1.50. The average Bonchev–Trinajstić information content (AvgIpc) is 2.79. The van der Waals surface area contributed by atoms with E-state index in [9.17, 15) is 0 Å². The summed E-state index contributed by atoms with van der Waals surface area (Å²) in [5.41, 5.74) is 5.50. The van der Waals surface area contributed by atoms with Gasteiger partial charge >= 0.3 is 0 Å². The van der Waals surface area contributed by atoms with Crippen LogP contribution in [0.2, 0.25) is 0 Å². The van der Waals surface area contributed by atoms with Crippen LogP contribution < -0.4 is 0 Å².